The van der Waals surface area contributed by atoms with Crippen LogP contribution in [0.4, 0.5) is 11.5 Å². The van der Waals surface area contributed by atoms with Crippen LogP contribution in [0.3, 0.4) is 0 Å². The maximum absolute atomic E-state index is 11.8. The van der Waals surface area contributed by atoms with Crippen molar-refractivity contribution >= 4 is 23.6 Å². The van der Waals surface area contributed by atoms with Crippen molar-refractivity contribution < 1.29 is 19.2 Å². The monoisotopic (exact) mass is 421 g/mol. The molecule has 14 nitrogen and oxygen atoms in total. The Morgan fingerprint density at radius 1 is 1.30 bits per heavy atom. The van der Waals surface area contributed by atoms with E-state index >= 15 is 0 Å². The minimum atomic E-state index is -0.791. The van der Waals surface area contributed by atoms with Gasteiger partial charge in [-0.2, -0.15) is 5.10 Å². The van der Waals surface area contributed by atoms with Crippen LogP contribution in [0.25, 0.3) is 0 Å². The quantitative estimate of drug-likeness (QED) is 0.227. The third kappa shape index (κ3) is 5.88. The molecule has 0 aliphatic heterocycles. The van der Waals surface area contributed by atoms with Crippen molar-refractivity contribution in [1.82, 2.24) is 20.6 Å². The van der Waals surface area contributed by atoms with E-state index in [0.717, 1.165) is 0 Å². The summed E-state index contributed by atoms with van der Waals surface area (Å²) in [6, 6.07) is 2.71. The summed E-state index contributed by atoms with van der Waals surface area (Å²) < 4.78 is 10.7. The van der Waals surface area contributed by atoms with Gasteiger partial charge in [-0.1, -0.05) is 0 Å². The molecule has 0 spiro atoms. The number of carbonyl (C=O) groups is 1. The number of hydrazone groups is 1. The number of aromatic amines is 2. The number of aromatic nitrogens is 3. The number of hydrogen-bond acceptors (Lipinski definition) is 10. The van der Waals surface area contributed by atoms with Crippen LogP contribution in [0.2, 0.25) is 0 Å². The van der Waals surface area contributed by atoms with Crippen molar-refractivity contribution in [3.63, 3.8) is 0 Å². The van der Waals surface area contributed by atoms with E-state index in [2.05, 4.69) is 20.9 Å². The standard InChI is InChI=1S/C16H19N7O7/c1-3-29-11-6-9(5-10(23(27)28)13(11)30-4-2)7-18-20-12(24)8-17-14-15(25)19-16(26)22-21-14/h5-7H,3-4,8H2,1-2H3,(H,17,21)(H,20,24)(H2,19,22,25,26)/b18-7+. The van der Waals surface area contributed by atoms with Crippen LogP contribution in [0.5, 0.6) is 11.5 Å². The number of benzene rings is 1. The Morgan fingerprint density at radius 2 is 2.03 bits per heavy atom. The summed E-state index contributed by atoms with van der Waals surface area (Å²) in [6.45, 7) is 3.52. The van der Waals surface area contributed by atoms with Crippen molar-refractivity contribution in [2.24, 2.45) is 5.10 Å². The van der Waals surface area contributed by atoms with Crippen LogP contribution in [0.15, 0.2) is 26.8 Å². The minimum Gasteiger partial charge on any atom is -0.490 e. The number of carbonyl (C=O) groups excluding carboxylic acids is 1. The molecule has 1 heterocycles. The number of rotatable bonds is 10. The predicted molar refractivity (Wildman–Crippen MR) is 105 cm³/mol. The van der Waals surface area contributed by atoms with Crippen molar-refractivity contribution in [2.75, 3.05) is 25.1 Å². The number of nitro benzene ring substituents is 1. The molecule has 1 amide bonds. The molecule has 0 bridgehead atoms. The van der Waals surface area contributed by atoms with Gasteiger partial charge in [-0.25, -0.2) is 15.3 Å². The normalized spacial score (nSPS) is 10.6. The summed E-state index contributed by atoms with van der Waals surface area (Å²) in [5.41, 5.74) is 0.600. The molecule has 0 aliphatic carbocycles. The first kappa shape index (κ1) is 22.1. The molecule has 0 radical (unpaired) electrons. The van der Waals surface area contributed by atoms with Crippen LogP contribution in [-0.2, 0) is 4.79 Å². The minimum absolute atomic E-state index is 0.00774. The summed E-state index contributed by atoms with van der Waals surface area (Å²) in [7, 11) is 0. The van der Waals surface area contributed by atoms with Crippen LogP contribution in [0.1, 0.15) is 19.4 Å². The average molecular weight is 421 g/mol. The molecular weight excluding hydrogens is 402 g/mol. The Labute approximate surface area is 168 Å². The number of amides is 1. The van der Waals surface area contributed by atoms with Gasteiger partial charge in [0.05, 0.1) is 30.9 Å². The van der Waals surface area contributed by atoms with E-state index in [1.807, 2.05) is 10.1 Å². The van der Waals surface area contributed by atoms with E-state index in [4.69, 9.17) is 9.47 Å². The van der Waals surface area contributed by atoms with E-state index in [1.54, 1.807) is 13.8 Å². The van der Waals surface area contributed by atoms with Gasteiger partial charge in [0.1, 0.15) is 0 Å². The average Bonchev–Trinajstić information content (AvgIpc) is 2.69. The second kappa shape index (κ2) is 10.4. The maximum atomic E-state index is 11.8. The second-order valence-electron chi connectivity index (χ2n) is 5.49. The van der Waals surface area contributed by atoms with E-state index in [-0.39, 0.29) is 42.8 Å². The van der Waals surface area contributed by atoms with Crippen molar-refractivity contribution in [3.05, 3.63) is 48.6 Å². The van der Waals surface area contributed by atoms with Gasteiger partial charge >= 0.3 is 11.4 Å². The van der Waals surface area contributed by atoms with Gasteiger partial charge in [0, 0.05) is 11.6 Å². The lowest BCUT2D eigenvalue weighted by atomic mass is 10.2. The van der Waals surface area contributed by atoms with Crippen LogP contribution in [-0.4, -0.2) is 52.0 Å². The van der Waals surface area contributed by atoms with Gasteiger partial charge in [-0.15, -0.1) is 5.10 Å². The van der Waals surface area contributed by atoms with E-state index in [1.165, 1.54) is 18.3 Å². The molecule has 30 heavy (non-hydrogen) atoms. The number of nitrogens with one attached hydrogen (secondary N) is 4. The van der Waals surface area contributed by atoms with Gasteiger partial charge < -0.3 is 14.8 Å². The molecule has 0 saturated carbocycles. The molecule has 160 valence electrons. The first-order valence-corrected chi connectivity index (χ1v) is 8.68. The molecule has 0 aliphatic rings. The highest BCUT2D eigenvalue weighted by Crippen LogP contribution is 2.38. The summed E-state index contributed by atoms with van der Waals surface area (Å²) in [5, 5.41) is 23.0. The molecule has 0 atom stereocenters. The smallest absolute Gasteiger partial charge is 0.342 e. The first-order valence-electron chi connectivity index (χ1n) is 8.68. The summed E-state index contributed by atoms with van der Waals surface area (Å²) in [6.07, 6.45) is 1.19. The lowest BCUT2D eigenvalue weighted by molar-refractivity contribution is -0.385. The van der Waals surface area contributed by atoms with E-state index in [9.17, 15) is 24.5 Å². The highest BCUT2D eigenvalue weighted by Gasteiger charge is 2.22. The number of nitro groups is 1. The van der Waals surface area contributed by atoms with Crippen LogP contribution >= 0.6 is 0 Å². The van der Waals surface area contributed by atoms with Gasteiger partial charge in [-0.05, 0) is 19.9 Å². The molecule has 14 heteroatoms. The topological polar surface area (TPSA) is 194 Å². The molecule has 2 rings (SSSR count). The SMILES string of the molecule is CCOc1cc(/C=N/NC(=O)CNc2n[nH]c(=O)[nH]c2=O)cc([N+](=O)[O-])c1OCC. The Bertz CT molecular complexity index is 1060. The zero-order chi connectivity index (χ0) is 22.1. The fourth-order valence-corrected chi connectivity index (χ4v) is 2.22. The summed E-state index contributed by atoms with van der Waals surface area (Å²) in [5.74, 6) is -0.707. The van der Waals surface area contributed by atoms with Gasteiger partial charge in [0.25, 0.3) is 11.5 Å². The van der Waals surface area contributed by atoms with Crippen LogP contribution < -0.4 is 31.5 Å². The highest BCUT2D eigenvalue weighted by atomic mass is 16.6. The third-order valence-corrected chi connectivity index (χ3v) is 3.37. The second-order valence-corrected chi connectivity index (χ2v) is 5.49. The molecule has 1 aromatic heterocycles. The number of anilines is 1. The Kier molecular flexibility index (Phi) is 7.61. The van der Waals surface area contributed by atoms with Gasteiger partial charge in [-0.3, -0.25) is 24.7 Å². The number of H-pyrrole nitrogens is 2. The zero-order valence-electron chi connectivity index (χ0n) is 16.1. The van der Waals surface area contributed by atoms with E-state index in [0.29, 0.717) is 5.56 Å². The van der Waals surface area contributed by atoms with Gasteiger partial charge in [0.15, 0.2) is 5.75 Å². The number of nitrogens with zero attached hydrogens (tertiary/aromatic N) is 3. The summed E-state index contributed by atoms with van der Waals surface area (Å²) in [4.78, 5) is 46.8. The molecule has 0 saturated heterocycles. The van der Waals surface area contributed by atoms with Crippen LogP contribution in [0, 0.1) is 10.1 Å². The lowest BCUT2D eigenvalue weighted by Crippen LogP contribution is -2.31. The first-order chi connectivity index (χ1) is 14.3. The molecular formula is C16H19N7O7. The van der Waals surface area contributed by atoms with Crippen molar-refractivity contribution in [3.8, 4) is 11.5 Å². The predicted octanol–water partition coefficient (Wildman–Crippen LogP) is -0.274. The molecule has 4 N–H and O–H groups in total. The molecule has 1 aromatic carbocycles. The number of ether oxygens (including phenoxy) is 2. The highest BCUT2D eigenvalue weighted by molar-refractivity contribution is 5.86. The largest absolute Gasteiger partial charge is 0.490 e. The van der Waals surface area contributed by atoms with Gasteiger partial charge in [0.2, 0.25) is 11.6 Å². The zero-order valence-corrected chi connectivity index (χ0v) is 16.1. The fraction of sp³-hybridized carbons (Fsp3) is 0.312. The van der Waals surface area contributed by atoms with Crippen molar-refractivity contribution in [1.29, 1.82) is 0 Å². The lowest BCUT2D eigenvalue weighted by Gasteiger charge is -2.11. The molecule has 0 unspecified atom stereocenters. The number of hydrogen-bond donors (Lipinski definition) is 4. The Morgan fingerprint density at radius 3 is 2.67 bits per heavy atom. The maximum Gasteiger partial charge on any atom is 0.342 e. The van der Waals surface area contributed by atoms with E-state index < -0.39 is 22.1 Å². The fourth-order valence-electron chi connectivity index (χ4n) is 2.22. The molecule has 0 fully saturated rings. The van der Waals surface area contributed by atoms with Crippen molar-refractivity contribution in [2.45, 2.75) is 13.8 Å². The Balaban J connectivity index is 2.08. The summed E-state index contributed by atoms with van der Waals surface area (Å²) >= 11 is 0. The third-order valence-electron chi connectivity index (χ3n) is 3.37. The molecule has 2 aromatic rings. The Hall–Kier alpha value is -4.23.